The Labute approximate surface area is 183 Å². The van der Waals surface area contributed by atoms with Gasteiger partial charge in [-0.2, -0.15) is 0 Å². The lowest BCUT2D eigenvalue weighted by atomic mass is 10.2. The van der Waals surface area contributed by atoms with Crippen LogP contribution in [0, 0.1) is 5.82 Å². The number of nitrogens with one attached hydrogen (secondary N) is 1. The second-order valence-corrected chi connectivity index (χ2v) is 7.57. The number of carbonyl (C=O) groups excluding carboxylic acids is 1. The third-order valence-electron chi connectivity index (χ3n) is 5.41. The van der Waals surface area contributed by atoms with Crippen molar-refractivity contribution in [1.82, 2.24) is 14.5 Å². The van der Waals surface area contributed by atoms with Crippen LogP contribution in [0.5, 0.6) is 0 Å². The standard InChI is InChI=1S/C25H22FN3O3/c1-17(23(30)27-15-18-11-13-20(26)14-12-18)29-22-10-6-5-9-21(22)24(31)28(25(29)32)16-19-7-3-2-4-8-19/h2-14,17H,15-16H2,1H3,(H,27,30). The van der Waals surface area contributed by atoms with Crippen molar-refractivity contribution in [3.63, 3.8) is 0 Å². The third kappa shape index (κ3) is 4.23. The topological polar surface area (TPSA) is 73.1 Å². The summed E-state index contributed by atoms with van der Waals surface area (Å²) >= 11 is 0. The second-order valence-electron chi connectivity index (χ2n) is 7.57. The number of aromatic nitrogens is 2. The Morgan fingerprint density at radius 2 is 1.56 bits per heavy atom. The molecule has 1 N–H and O–H groups in total. The second kappa shape index (κ2) is 9.01. The lowest BCUT2D eigenvalue weighted by Gasteiger charge is -2.19. The lowest BCUT2D eigenvalue weighted by molar-refractivity contribution is -0.124. The minimum Gasteiger partial charge on any atom is -0.350 e. The van der Waals surface area contributed by atoms with Gasteiger partial charge in [-0.25, -0.2) is 9.18 Å². The number of fused-ring (bicyclic) bond motifs is 1. The van der Waals surface area contributed by atoms with E-state index in [9.17, 15) is 18.8 Å². The number of halogens is 1. The number of para-hydroxylation sites is 1. The van der Waals surface area contributed by atoms with E-state index in [1.807, 2.05) is 30.3 Å². The van der Waals surface area contributed by atoms with Crippen molar-refractivity contribution in [3.05, 3.63) is 117 Å². The fourth-order valence-electron chi connectivity index (χ4n) is 3.67. The number of hydrogen-bond donors (Lipinski definition) is 1. The average molecular weight is 431 g/mol. The molecule has 1 amide bonds. The SMILES string of the molecule is CC(C(=O)NCc1ccc(F)cc1)n1c(=O)n(Cc2ccccc2)c(=O)c2ccccc21. The van der Waals surface area contributed by atoms with Crippen LogP contribution in [0.1, 0.15) is 24.1 Å². The summed E-state index contributed by atoms with van der Waals surface area (Å²) in [5.41, 5.74) is 0.989. The Morgan fingerprint density at radius 3 is 2.28 bits per heavy atom. The number of benzene rings is 3. The summed E-state index contributed by atoms with van der Waals surface area (Å²) in [6, 6.07) is 20.9. The highest BCUT2D eigenvalue weighted by Gasteiger charge is 2.22. The van der Waals surface area contributed by atoms with E-state index in [0.29, 0.717) is 10.9 Å². The van der Waals surface area contributed by atoms with Gasteiger partial charge in [0.25, 0.3) is 5.56 Å². The third-order valence-corrected chi connectivity index (χ3v) is 5.41. The van der Waals surface area contributed by atoms with Crippen molar-refractivity contribution in [2.45, 2.75) is 26.1 Å². The van der Waals surface area contributed by atoms with Crippen molar-refractivity contribution in [3.8, 4) is 0 Å². The summed E-state index contributed by atoms with van der Waals surface area (Å²) < 4.78 is 15.6. The van der Waals surface area contributed by atoms with Gasteiger partial charge in [-0.3, -0.25) is 18.7 Å². The van der Waals surface area contributed by atoms with E-state index in [-0.39, 0.29) is 24.8 Å². The van der Waals surface area contributed by atoms with Gasteiger partial charge in [0.1, 0.15) is 11.9 Å². The maximum absolute atomic E-state index is 13.4. The molecule has 4 rings (SSSR count). The van der Waals surface area contributed by atoms with Crippen molar-refractivity contribution < 1.29 is 9.18 Å². The monoisotopic (exact) mass is 431 g/mol. The molecule has 1 unspecified atom stereocenters. The zero-order valence-electron chi connectivity index (χ0n) is 17.5. The molecule has 162 valence electrons. The number of nitrogens with zero attached hydrogens (tertiary/aromatic N) is 2. The molecule has 1 aromatic heterocycles. The van der Waals surface area contributed by atoms with E-state index in [4.69, 9.17) is 0 Å². The van der Waals surface area contributed by atoms with Crippen LogP contribution in [0.15, 0.2) is 88.5 Å². The Hall–Kier alpha value is -4.00. The predicted octanol–water partition coefficient (Wildman–Crippen LogP) is 3.23. The molecule has 0 saturated heterocycles. The van der Waals surface area contributed by atoms with E-state index in [2.05, 4.69) is 5.32 Å². The smallest absolute Gasteiger partial charge is 0.332 e. The van der Waals surface area contributed by atoms with Crippen LogP contribution in [0.2, 0.25) is 0 Å². The van der Waals surface area contributed by atoms with Crippen molar-refractivity contribution in [1.29, 1.82) is 0 Å². The highest BCUT2D eigenvalue weighted by molar-refractivity contribution is 5.84. The van der Waals surface area contributed by atoms with Gasteiger partial charge in [0.15, 0.2) is 0 Å². The summed E-state index contributed by atoms with van der Waals surface area (Å²) in [4.78, 5) is 39.3. The molecule has 0 aliphatic rings. The summed E-state index contributed by atoms with van der Waals surface area (Å²) in [7, 11) is 0. The normalized spacial score (nSPS) is 11.9. The molecular formula is C25H22FN3O3. The fourth-order valence-corrected chi connectivity index (χ4v) is 3.67. The lowest BCUT2D eigenvalue weighted by Crippen LogP contribution is -2.44. The number of rotatable bonds is 6. The first kappa shape index (κ1) is 21.2. The van der Waals surface area contributed by atoms with E-state index < -0.39 is 17.3 Å². The van der Waals surface area contributed by atoms with Gasteiger partial charge in [0, 0.05) is 6.54 Å². The summed E-state index contributed by atoms with van der Waals surface area (Å²) in [6.45, 7) is 1.91. The number of carbonyl (C=O) groups is 1. The Balaban J connectivity index is 1.72. The van der Waals surface area contributed by atoms with Crippen LogP contribution in [0.4, 0.5) is 4.39 Å². The fraction of sp³-hybridized carbons (Fsp3) is 0.160. The molecule has 0 spiro atoms. The molecule has 0 bridgehead atoms. The average Bonchev–Trinajstić information content (AvgIpc) is 2.82. The van der Waals surface area contributed by atoms with Gasteiger partial charge < -0.3 is 5.32 Å². The van der Waals surface area contributed by atoms with Gasteiger partial charge in [0.2, 0.25) is 5.91 Å². The minimum absolute atomic E-state index is 0.104. The Bertz CT molecular complexity index is 1380. The largest absolute Gasteiger partial charge is 0.350 e. The summed E-state index contributed by atoms with van der Waals surface area (Å²) in [5, 5.41) is 3.15. The van der Waals surface area contributed by atoms with Crippen LogP contribution in [-0.2, 0) is 17.9 Å². The quantitative estimate of drug-likeness (QED) is 0.510. The van der Waals surface area contributed by atoms with E-state index in [0.717, 1.165) is 15.7 Å². The van der Waals surface area contributed by atoms with Crippen LogP contribution in [-0.4, -0.2) is 15.0 Å². The first-order valence-corrected chi connectivity index (χ1v) is 10.3. The Morgan fingerprint density at radius 1 is 0.906 bits per heavy atom. The van der Waals surface area contributed by atoms with E-state index in [1.165, 1.54) is 16.7 Å². The highest BCUT2D eigenvalue weighted by Crippen LogP contribution is 2.14. The van der Waals surface area contributed by atoms with Crippen molar-refractivity contribution in [2.75, 3.05) is 0 Å². The number of hydrogen-bond acceptors (Lipinski definition) is 3. The molecule has 1 heterocycles. The molecule has 0 aliphatic carbocycles. The molecule has 4 aromatic rings. The first-order chi connectivity index (χ1) is 15.5. The zero-order valence-corrected chi connectivity index (χ0v) is 17.5. The van der Waals surface area contributed by atoms with Gasteiger partial charge in [-0.15, -0.1) is 0 Å². The van der Waals surface area contributed by atoms with Crippen molar-refractivity contribution in [2.24, 2.45) is 0 Å². The molecule has 0 aliphatic heterocycles. The van der Waals surface area contributed by atoms with Crippen LogP contribution >= 0.6 is 0 Å². The molecule has 0 saturated carbocycles. The summed E-state index contributed by atoms with van der Waals surface area (Å²) in [5.74, 6) is -0.737. The minimum atomic E-state index is -0.865. The Kier molecular flexibility index (Phi) is 5.98. The van der Waals surface area contributed by atoms with Gasteiger partial charge in [-0.1, -0.05) is 54.6 Å². The van der Waals surface area contributed by atoms with Crippen LogP contribution in [0.25, 0.3) is 10.9 Å². The maximum Gasteiger partial charge on any atom is 0.332 e. The molecule has 1 atom stereocenters. The summed E-state index contributed by atoms with van der Waals surface area (Å²) in [6.07, 6.45) is 0. The molecule has 3 aromatic carbocycles. The van der Waals surface area contributed by atoms with E-state index >= 15 is 0 Å². The molecule has 0 radical (unpaired) electrons. The molecule has 32 heavy (non-hydrogen) atoms. The predicted molar refractivity (Wildman–Crippen MR) is 121 cm³/mol. The van der Waals surface area contributed by atoms with E-state index in [1.54, 1.807) is 43.3 Å². The molecule has 7 heteroatoms. The van der Waals surface area contributed by atoms with Gasteiger partial charge >= 0.3 is 5.69 Å². The zero-order chi connectivity index (χ0) is 22.7. The maximum atomic E-state index is 13.4. The molecule has 0 fully saturated rings. The van der Waals surface area contributed by atoms with Gasteiger partial charge in [-0.05, 0) is 42.3 Å². The number of amides is 1. The molecule has 6 nitrogen and oxygen atoms in total. The van der Waals surface area contributed by atoms with Gasteiger partial charge in [0.05, 0.1) is 17.4 Å². The van der Waals surface area contributed by atoms with Crippen LogP contribution in [0.3, 0.4) is 0 Å². The highest BCUT2D eigenvalue weighted by atomic mass is 19.1. The van der Waals surface area contributed by atoms with Crippen molar-refractivity contribution >= 4 is 16.8 Å². The first-order valence-electron chi connectivity index (χ1n) is 10.3. The van der Waals surface area contributed by atoms with Crippen LogP contribution < -0.4 is 16.6 Å². The molecular weight excluding hydrogens is 409 g/mol.